The smallest absolute Gasteiger partial charge is 0.0371 e. The summed E-state index contributed by atoms with van der Waals surface area (Å²) in [5.41, 5.74) is 9.16. The molecule has 2 rings (SSSR count). The number of hydrogen-bond donors (Lipinski definition) is 1. The highest BCUT2D eigenvalue weighted by molar-refractivity contribution is 5.52. The molecule has 1 aliphatic heterocycles. The summed E-state index contributed by atoms with van der Waals surface area (Å²) in [4.78, 5) is 2.43. The first kappa shape index (κ1) is 13.4. The Bertz CT molecular complexity index is 412. The van der Waals surface area contributed by atoms with E-state index in [0.717, 1.165) is 13.0 Å². The van der Waals surface area contributed by atoms with Gasteiger partial charge in [0.2, 0.25) is 0 Å². The van der Waals surface area contributed by atoms with E-state index in [9.17, 15) is 0 Å². The Morgan fingerprint density at radius 3 is 2.11 bits per heavy atom. The lowest BCUT2D eigenvalue weighted by Crippen LogP contribution is -2.38. The summed E-state index contributed by atoms with van der Waals surface area (Å²) in [7, 11) is 0. The molecule has 1 fully saturated rings. The standard InChI is InChI=1S/C16H26N2/c1-15(2,3)12-6-8-14(9-7-12)18-11-13(17)10-16(18,4)5/h6-9,13H,10-11,17H2,1-5H3. The van der Waals surface area contributed by atoms with Gasteiger partial charge in [-0.3, -0.25) is 0 Å². The van der Waals surface area contributed by atoms with Crippen molar-refractivity contribution in [1.82, 2.24) is 0 Å². The number of hydrogen-bond acceptors (Lipinski definition) is 2. The third-order valence-corrected chi connectivity index (χ3v) is 3.95. The highest BCUT2D eigenvalue weighted by Gasteiger charge is 2.36. The van der Waals surface area contributed by atoms with E-state index in [2.05, 4.69) is 63.8 Å². The van der Waals surface area contributed by atoms with Crippen molar-refractivity contribution in [3.8, 4) is 0 Å². The van der Waals surface area contributed by atoms with Crippen molar-refractivity contribution < 1.29 is 0 Å². The maximum absolute atomic E-state index is 6.10. The van der Waals surface area contributed by atoms with Gasteiger partial charge in [0.1, 0.15) is 0 Å². The quantitative estimate of drug-likeness (QED) is 0.824. The van der Waals surface area contributed by atoms with Crippen molar-refractivity contribution in [1.29, 1.82) is 0 Å². The molecule has 1 aromatic carbocycles. The molecule has 100 valence electrons. The Labute approximate surface area is 111 Å². The minimum absolute atomic E-state index is 0.169. The largest absolute Gasteiger partial charge is 0.365 e. The minimum atomic E-state index is 0.169. The monoisotopic (exact) mass is 246 g/mol. The van der Waals surface area contributed by atoms with E-state index >= 15 is 0 Å². The van der Waals surface area contributed by atoms with Crippen molar-refractivity contribution in [2.24, 2.45) is 5.73 Å². The van der Waals surface area contributed by atoms with Crippen LogP contribution >= 0.6 is 0 Å². The Morgan fingerprint density at radius 2 is 1.72 bits per heavy atom. The molecular weight excluding hydrogens is 220 g/mol. The van der Waals surface area contributed by atoms with Gasteiger partial charge in [0.25, 0.3) is 0 Å². The number of nitrogens with zero attached hydrogens (tertiary/aromatic N) is 1. The molecule has 0 bridgehead atoms. The Hall–Kier alpha value is -1.02. The molecular formula is C16H26N2. The van der Waals surface area contributed by atoms with Crippen molar-refractivity contribution in [2.75, 3.05) is 11.4 Å². The van der Waals surface area contributed by atoms with Gasteiger partial charge in [-0.2, -0.15) is 0 Å². The fourth-order valence-electron chi connectivity index (χ4n) is 2.89. The Balaban J connectivity index is 2.25. The van der Waals surface area contributed by atoms with Crippen LogP contribution in [0.4, 0.5) is 5.69 Å². The van der Waals surface area contributed by atoms with Crippen LogP contribution in [0.15, 0.2) is 24.3 Å². The van der Waals surface area contributed by atoms with Crippen LogP contribution in [0.25, 0.3) is 0 Å². The first-order valence-corrected chi connectivity index (χ1v) is 6.84. The fraction of sp³-hybridized carbons (Fsp3) is 0.625. The van der Waals surface area contributed by atoms with Crippen LogP contribution in [-0.2, 0) is 5.41 Å². The van der Waals surface area contributed by atoms with E-state index in [-0.39, 0.29) is 11.0 Å². The van der Waals surface area contributed by atoms with Crippen molar-refractivity contribution in [3.63, 3.8) is 0 Å². The minimum Gasteiger partial charge on any atom is -0.365 e. The van der Waals surface area contributed by atoms with Gasteiger partial charge in [-0.15, -0.1) is 0 Å². The molecule has 1 aromatic rings. The second-order valence-corrected chi connectivity index (χ2v) is 7.18. The highest BCUT2D eigenvalue weighted by Crippen LogP contribution is 2.34. The highest BCUT2D eigenvalue weighted by atomic mass is 15.2. The van der Waals surface area contributed by atoms with Gasteiger partial charge in [-0.25, -0.2) is 0 Å². The molecule has 0 spiro atoms. The first-order chi connectivity index (χ1) is 8.20. The van der Waals surface area contributed by atoms with Crippen LogP contribution in [0.3, 0.4) is 0 Å². The maximum Gasteiger partial charge on any atom is 0.0371 e. The lowest BCUT2D eigenvalue weighted by molar-refractivity contribution is 0.506. The third kappa shape index (κ3) is 2.54. The Kier molecular flexibility index (Phi) is 3.18. The van der Waals surface area contributed by atoms with E-state index in [1.165, 1.54) is 11.3 Å². The maximum atomic E-state index is 6.10. The fourth-order valence-corrected chi connectivity index (χ4v) is 2.89. The van der Waals surface area contributed by atoms with Gasteiger partial charge in [0.05, 0.1) is 0 Å². The molecule has 1 atom stereocenters. The summed E-state index contributed by atoms with van der Waals surface area (Å²) < 4.78 is 0. The van der Waals surface area contributed by atoms with Crippen LogP contribution in [-0.4, -0.2) is 18.1 Å². The lowest BCUT2D eigenvalue weighted by Gasteiger charge is -2.34. The van der Waals surface area contributed by atoms with E-state index < -0.39 is 0 Å². The molecule has 0 amide bonds. The van der Waals surface area contributed by atoms with Crippen LogP contribution in [0.2, 0.25) is 0 Å². The molecule has 1 unspecified atom stereocenters. The van der Waals surface area contributed by atoms with Gasteiger partial charge >= 0.3 is 0 Å². The summed E-state index contributed by atoms with van der Waals surface area (Å²) in [6.45, 7) is 12.3. The molecule has 0 saturated carbocycles. The normalized spacial score (nSPS) is 23.4. The van der Waals surface area contributed by atoms with E-state index in [1.807, 2.05) is 0 Å². The molecule has 0 radical (unpaired) electrons. The van der Waals surface area contributed by atoms with Gasteiger partial charge in [-0.05, 0) is 43.4 Å². The molecule has 0 aliphatic carbocycles. The van der Waals surface area contributed by atoms with Gasteiger partial charge in [0.15, 0.2) is 0 Å². The van der Waals surface area contributed by atoms with E-state index in [4.69, 9.17) is 5.73 Å². The summed E-state index contributed by atoms with van der Waals surface area (Å²) in [5, 5.41) is 0. The van der Waals surface area contributed by atoms with Crippen LogP contribution < -0.4 is 10.6 Å². The predicted octanol–water partition coefficient (Wildman–Crippen LogP) is 3.30. The third-order valence-electron chi connectivity index (χ3n) is 3.95. The molecule has 2 N–H and O–H groups in total. The topological polar surface area (TPSA) is 29.3 Å². The zero-order valence-corrected chi connectivity index (χ0v) is 12.3. The van der Waals surface area contributed by atoms with Crippen molar-refractivity contribution in [3.05, 3.63) is 29.8 Å². The van der Waals surface area contributed by atoms with Crippen LogP contribution in [0.1, 0.15) is 46.6 Å². The zero-order chi connectivity index (χ0) is 13.6. The average molecular weight is 246 g/mol. The van der Waals surface area contributed by atoms with E-state index in [1.54, 1.807) is 0 Å². The number of rotatable bonds is 1. The molecule has 1 aliphatic rings. The zero-order valence-electron chi connectivity index (χ0n) is 12.3. The van der Waals surface area contributed by atoms with Gasteiger partial charge in [0, 0.05) is 23.8 Å². The predicted molar refractivity (Wildman–Crippen MR) is 79.2 cm³/mol. The summed E-state index contributed by atoms with van der Waals surface area (Å²) in [6, 6.07) is 9.26. The number of benzene rings is 1. The first-order valence-electron chi connectivity index (χ1n) is 6.84. The van der Waals surface area contributed by atoms with Gasteiger partial charge in [-0.1, -0.05) is 32.9 Å². The van der Waals surface area contributed by atoms with Crippen molar-refractivity contribution >= 4 is 5.69 Å². The second kappa shape index (κ2) is 4.27. The van der Waals surface area contributed by atoms with Crippen molar-refractivity contribution in [2.45, 2.75) is 58.0 Å². The summed E-state index contributed by atoms with van der Waals surface area (Å²) >= 11 is 0. The molecule has 2 nitrogen and oxygen atoms in total. The summed E-state index contributed by atoms with van der Waals surface area (Å²) in [5.74, 6) is 0. The molecule has 18 heavy (non-hydrogen) atoms. The Morgan fingerprint density at radius 1 is 1.17 bits per heavy atom. The number of anilines is 1. The molecule has 2 heteroatoms. The summed E-state index contributed by atoms with van der Waals surface area (Å²) in [6.07, 6.45) is 1.06. The molecule has 1 saturated heterocycles. The molecule has 1 heterocycles. The number of nitrogens with two attached hydrogens (primary N) is 1. The lowest BCUT2D eigenvalue weighted by atomic mass is 9.87. The molecule has 0 aromatic heterocycles. The van der Waals surface area contributed by atoms with Crippen LogP contribution in [0.5, 0.6) is 0 Å². The second-order valence-electron chi connectivity index (χ2n) is 7.18. The van der Waals surface area contributed by atoms with Gasteiger partial charge < -0.3 is 10.6 Å². The van der Waals surface area contributed by atoms with Crippen LogP contribution in [0, 0.1) is 0 Å². The average Bonchev–Trinajstić information content (AvgIpc) is 2.51. The SMILES string of the molecule is CC(C)(C)c1ccc(N2CC(N)CC2(C)C)cc1. The van der Waals surface area contributed by atoms with E-state index in [0.29, 0.717) is 6.04 Å².